The van der Waals surface area contributed by atoms with Crippen LogP contribution in [-0.2, 0) is 4.79 Å². The van der Waals surface area contributed by atoms with Crippen LogP contribution in [0.5, 0.6) is 0 Å². The van der Waals surface area contributed by atoms with Crippen molar-refractivity contribution in [2.45, 2.75) is 33.1 Å². The van der Waals surface area contributed by atoms with Gasteiger partial charge in [0.2, 0.25) is 5.91 Å². The summed E-state index contributed by atoms with van der Waals surface area (Å²) in [5.41, 5.74) is 2.73. The molecule has 1 aromatic heterocycles. The molecule has 0 unspecified atom stereocenters. The van der Waals surface area contributed by atoms with Gasteiger partial charge in [0, 0.05) is 36.5 Å². The third-order valence-corrected chi connectivity index (χ3v) is 5.62. The molecule has 1 aliphatic rings. The number of nitrogens with one attached hydrogen (secondary N) is 1. The summed E-state index contributed by atoms with van der Waals surface area (Å²) in [4.78, 5) is 31.1. The van der Waals surface area contributed by atoms with Crippen molar-refractivity contribution in [1.82, 2.24) is 15.2 Å². The lowest BCUT2D eigenvalue weighted by Gasteiger charge is -2.30. The molecule has 1 fully saturated rings. The van der Waals surface area contributed by atoms with Gasteiger partial charge < -0.3 is 10.2 Å². The largest absolute Gasteiger partial charge is 0.356 e. The molecule has 26 heavy (non-hydrogen) atoms. The molecular weight excluding hydrogens is 346 g/mol. The van der Waals surface area contributed by atoms with Crippen LogP contribution in [0.1, 0.15) is 42.2 Å². The number of thiazole rings is 1. The normalized spacial score (nSPS) is 15.1. The number of piperidine rings is 1. The lowest BCUT2D eigenvalue weighted by Crippen LogP contribution is -2.43. The molecule has 3 rings (SSSR count). The highest BCUT2D eigenvalue weighted by Gasteiger charge is 2.28. The SMILES string of the molecule is CCCNC(=O)C1CCN(C(=O)c2csc(-c3ccc(C)cc3)n2)CC1. The molecule has 1 N–H and O–H groups in total. The average molecular weight is 372 g/mol. The fourth-order valence-corrected chi connectivity index (χ4v) is 3.90. The Kier molecular flexibility index (Phi) is 6.04. The molecule has 2 aromatic rings. The molecule has 138 valence electrons. The van der Waals surface area contributed by atoms with Crippen LogP contribution in [0, 0.1) is 12.8 Å². The van der Waals surface area contributed by atoms with Crippen molar-refractivity contribution in [2.75, 3.05) is 19.6 Å². The van der Waals surface area contributed by atoms with Crippen LogP contribution < -0.4 is 5.32 Å². The number of rotatable bonds is 5. The van der Waals surface area contributed by atoms with E-state index < -0.39 is 0 Å². The molecule has 1 aromatic carbocycles. The Labute approximate surface area is 158 Å². The molecule has 0 atom stereocenters. The van der Waals surface area contributed by atoms with E-state index in [9.17, 15) is 9.59 Å². The second-order valence-corrected chi connectivity index (χ2v) is 7.62. The number of likely N-dealkylation sites (tertiary alicyclic amines) is 1. The summed E-state index contributed by atoms with van der Waals surface area (Å²) in [5.74, 6) is 0.102. The minimum Gasteiger partial charge on any atom is -0.356 e. The maximum absolute atomic E-state index is 12.7. The Balaban J connectivity index is 1.59. The maximum Gasteiger partial charge on any atom is 0.273 e. The van der Waals surface area contributed by atoms with Crippen LogP contribution in [0.25, 0.3) is 10.6 Å². The van der Waals surface area contributed by atoms with Gasteiger partial charge in [-0.25, -0.2) is 4.98 Å². The van der Waals surface area contributed by atoms with Crippen LogP contribution in [0.15, 0.2) is 29.6 Å². The summed E-state index contributed by atoms with van der Waals surface area (Å²) in [6.07, 6.45) is 2.38. The third kappa shape index (κ3) is 4.30. The number of carbonyl (C=O) groups is 2. The van der Waals surface area contributed by atoms with Crippen LogP contribution in [0.4, 0.5) is 0 Å². The van der Waals surface area contributed by atoms with Crippen LogP contribution in [0.2, 0.25) is 0 Å². The fourth-order valence-electron chi connectivity index (χ4n) is 3.10. The number of amides is 2. The molecule has 1 saturated heterocycles. The molecule has 5 nitrogen and oxygen atoms in total. The van der Waals surface area contributed by atoms with Crippen LogP contribution in [0.3, 0.4) is 0 Å². The number of aromatic nitrogens is 1. The minimum atomic E-state index is -0.0352. The van der Waals surface area contributed by atoms with Crippen molar-refractivity contribution >= 4 is 23.2 Å². The first-order valence-electron chi connectivity index (χ1n) is 9.18. The number of hydrogen-bond acceptors (Lipinski definition) is 4. The van der Waals surface area contributed by atoms with E-state index in [1.165, 1.54) is 16.9 Å². The molecule has 0 spiro atoms. The van der Waals surface area contributed by atoms with E-state index in [2.05, 4.69) is 10.3 Å². The molecule has 6 heteroatoms. The van der Waals surface area contributed by atoms with Gasteiger partial charge in [-0.3, -0.25) is 9.59 Å². The van der Waals surface area contributed by atoms with Crippen molar-refractivity contribution in [3.8, 4) is 10.6 Å². The summed E-state index contributed by atoms with van der Waals surface area (Å²) in [7, 11) is 0. The first-order valence-corrected chi connectivity index (χ1v) is 10.1. The molecule has 0 aliphatic carbocycles. The number of carbonyl (C=O) groups excluding carboxylic acids is 2. The fraction of sp³-hybridized carbons (Fsp3) is 0.450. The van der Waals surface area contributed by atoms with Gasteiger partial charge in [-0.1, -0.05) is 36.8 Å². The van der Waals surface area contributed by atoms with Gasteiger partial charge >= 0.3 is 0 Å². The second kappa shape index (κ2) is 8.45. The maximum atomic E-state index is 12.7. The topological polar surface area (TPSA) is 62.3 Å². The standard InChI is InChI=1S/C20H25N3O2S/c1-3-10-21-18(24)15-8-11-23(12-9-15)20(25)17-13-26-19(22-17)16-6-4-14(2)5-7-16/h4-7,13,15H,3,8-12H2,1-2H3,(H,21,24). The van der Waals surface area contributed by atoms with E-state index in [4.69, 9.17) is 0 Å². The van der Waals surface area contributed by atoms with E-state index in [1.807, 2.05) is 48.4 Å². The predicted molar refractivity (Wildman–Crippen MR) is 104 cm³/mol. The van der Waals surface area contributed by atoms with Crippen molar-refractivity contribution in [3.05, 3.63) is 40.9 Å². The number of aryl methyl sites for hydroxylation is 1. The first kappa shape index (κ1) is 18.6. The van der Waals surface area contributed by atoms with E-state index in [-0.39, 0.29) is 17.7 Å². The quantitative estimate of drug-likeness (QED) is 0.875. The van der Waals surface area contributed by atoms with Gasteiger partial charge in [-0.05, 0) is 26.2 Å². The highest BCUT2D eigenvalue weighted by atomic mass is 32.1. The highest BCUT2D eigenvalue weighted by Crippen LogP contribution is 2.26. The van der Waals surface area contributed by atoms with Gasteiger partial charge in [0.25, 0.3) is 5.91 Å². The van der Waals surface area contributed by atoms with E-state index in [0.29, 0.717) is 18.8 Å². The first-order chi connectivity index (χ1) is 12.6. The summed E-state index contributed by atoms with van der Waals surface area (Å²) in [6.45, 7) is 6.03. The van der Waals surface area contributed by atoms with Gasteiger partial charge in [0.15, 0.2) is 0 Å². The van der Waals surface area contributed by atoms with Gasteiger partial charge in [0.05, 0.1) is 0 Å². The molecule has 0 saturated carbocycles. The Morgan fingerprint density at radius 3 is 2.58 bits per heavy atom. The van der Waals surface area contributed by atoms with Crippen molar-refractivity contribution in [2.24, 2.45) is 5.92 Å². The van der Waals surface area contributed by atoms with E-state index in [1.54, 1.807) is 0 Å². The van der Waals surface area contributed by atoms with Gasteiger partial charge in [-0.15, -0.1) is 11.3 Å². The monoisotopic (exact) mass is 371 g/mol. The molecular formula is C20H25N3O2S. The summed E-state index contributed by atoms with van der Waals surface area (Å²) >= 11 is 1.49. The third-order valence-electron chi connectivity index (χ3n) is 4.72. The number of nitrogens with zero attached hydrogens (tertiary/aromatic N) is 2. The smallest absolute Gasteiger partial charge is 0.273 e. The van der Waals surface area contributed by atoms with Crippen LogP contribution >= 0.6 is 11.3 Å². The highest BCUT2D eigenvalue weighted by molar-refractivity contribution is 7.13. The average Bonchev–Trinajstić information content (AvgIpc) is 3.16. The number of hydrogen-bond donors (Lipinski definition) is 1. The summed E-state index contributed by atoms with van der Waals surface area (Å²) in [6, 6.07) is 8.16. The summed E-state index contributed by atoms with van der Waals surface area (Å²) in [5, 5.41) is 5.64. The van der Waals surface area contributed by atoms with E-state index >= 15 is 0 Å². The zero-order chi connectivity index (χ0) is 18.5. The minimum absolute atomic E-state index is 0.0177. The van der Waals surface area contributed by atoms with Crippen molar-refractivity contribution < 1.29 is 9.59 Å². The lowest BCUT2D eigenvalue weighted by molar-refractivity contribution is -0.126. The Bertz CT molecular complexity index is 762. The zero-order valence-electron chi connectivity index (χ0n) is 15.3. The van der Waals surface area contributed by atoms with Gasteiger partial charge in [0.1, 0.15) is 10.7 Å². The molecule has 1 aliphatic heterocycles. The van der Waals surface area contributed by atoms with Crippen molar-refractivity contribution in [3.63, 3.8) is 0 Å². The Hall–Kier alpha value is -2.21. The molecule has 2 heterocycles. The Morgan fingerprint density at radius 1 is 1.23 bits per heavy atom. The molecule has 2 amide bonds. The summed E-state index contributed by atoms with van der Waals surface area (Å²) < 4.78 is 0. The molecule has 0 bridgehead atoms. The second-order valence-electron chi connectivity index (χ2n) is 6.76. The molecule has 0 radical (unpaired) electrons. The zero-order valence-corrected chi connectivity index (χ0v) is 16.1. The number of benzene rings is 1. The Morgan fingerprint density at radius 2 is 1.92 bits per heavy atom. The lowest BCUT2D eigenvalue weighted by atomic mass is 9.95. The van der Waals surface area contributed by atoms with E-state index in [0.717, 1.165) is 36.4 Å². The van der Waals surface area contributed by atoms with Crippen LogP contribution in [-0.4, -0.2) is 41.3 Å². The predicted octanol–water partition coefficient (Wildman–Crippen LogP) is 3.50. The van der Waals surface area contributed by atoms with Crippen molar-refractivity contribution in [1.29, 1.82) is 0 Å². The van der Waals surface area contributed by atoms with Gasteiger partial charge in [-0.2, -0.15) is 0 Å².